The lowest BCUT2D eigenvalue weighted by atomic mass is 9.77. The topological polar surface area (TPSA) is 49.4 Å². The average Bonchev–Trinajstić information content (AvgIpc) is 2.83. The molecule has 1 aliphatic carbocycles. The van der Waals surface area contributed by atoms with Crippen LogP contribution in [0.15, 0.2) is 12.1 Å². The Bertz CT molecular complexity index is 633. The fourth-order valence-corrected chi connectivity index (χ4v) is 4.28. The highest BCUT2D eigenvalue weighted by molar-refractivity contribution is 6.52. The fraction of sp³-hybridized carbons (Fsp3) is 0.579. The number of hydrogen-bond acceptors (Lipinski definition) is 3. The van der Waals surface area contributed by atoms with Crippen LogP contribution in [0.1, 0.15) is 67.4 Å². The quantitative estimate of drug-likeness (QED) is 0.848. The molecule has 3 rings (SSSR count). The molecule has 0 fully saturated rings. The number of rotatable bonds is 5. The maximum Gasteiger partial charge on any atom is 0.296 e. The van der Waals surface area contributed by atoms with E-state index in [2.05, 4.69) is 37.1 Å². The maximum atomic E-state index is 12.2. The van der Waals surface area contributed by atoms with Gasteiger partial charge in [-0.05, 0) is 61.9 Å². The highest BCUT2D eigenvalue weighted by Crippen LogP contribution is 2.40. The van der Waals surface area contributed by atoms with Crippen molar-refractivity contribution < 1.29 is 9.59 Å². The summed E-state index contributed by atoms with van der Waals surface area (Å²) in [4.78, 5) is 26.4. The first-order valence-electron chi connectivity index (χ1n) is 8.83. The molecule has 1 aromatic carbocycles. The van der Waals surface area contributed by atoms with Gasteiger partial charge in [0.1, 0.15) is 0 Å². The highest BCUT2D eigenvalue weighted by Gasteiger charge is 2.37. The minimum absolute atomic E-state index is 0.360. The molecule has 1 N–H and O–H groups in total. The Morgan fingerprint density at radius 1 is 1.17 bits per heavy atom. The normalized spacial score (nSPS) is 23.0. The minimum Gasteiger partial charge on any atom is -0.318 e. The summed E-state index contributed by atoms with van der Waals surface area (Å²) in [6.45, 7) is 8.98. The summed E-state index contributed by atoms with van der Waals surface area (Å²) in [5.74, 6) is -0.450. The van der Waals surface area contributed by atoms with Crippen molar-refractivity contribution in [3.8, 4) is 0 Å². The van der Waals surface area contributed by atoms with Crippen LogP contribution < -0.4 is 5.32 Å². The van der Waals surface area contributed by atoms with E-state index in [4.69, 9.17) is 0 Å². The van der Waals surface area contributed by atoms with E-state index in [1.807, 2.05) is 6.07 Å². The van der Waals surface area contributed by atoms with Gasteiger partial charge in [-0.15, -0.1) is 0 Å². The number of hydrogen-bond donors (Lipinski definition) is 1. The number of fused-ring (bicyclic) bond motifs is 3. The summed E-state index contributed by atoms with van der Waals surface area (Å²) in [5, 5.41) is 2.69. The van der Waals surface area contributed by atoms with Crippen LogP contribution in [-0.4, -0.2) is 35.7 Å². The molecule has 1 heterocycles. The molecule has 0 bridgehead atoms. The van der Waals surface area contributed by atoms with Gasteiger partial charge in [0.15, 0.2) is 0 Å². The van der Waals surface area contributed by atoms with Crippen molar-refractivity contribution in [2.75, 3.05) is 18.4 Å². The van der Waals surface area contributed by atoms with Crippen LogP contribution in [0.5, 0.6) is 0 Å². The van der Waals surface area contributed by atoms with Gasteiger partial charge in [0.2, 0.25) is 0 Å². The first-order valence-corrected chi connectivity index (χ1v) is 8.83. The summed E-state index contributed by atoms with van der Waals surface area (Å²) < 4.78 is 0. The molecule has 4 heteroatoms. The van der Waals surface area contributed by atoms with Gasteiger partial charge in [-0.25, -0.2) is 0 Å². The van der Waals surface area contributed by atoms with Crippen molar-refractivity contribution in [1.82, 2.24) is 4.90 Å². The zero-order chi connectivity index (χ0) is 16.6. The van der Waals surface area contributed by atoms with E-state index in [9.17, 15) is 9.59 Å². The van der Waals surface area contributed by atoms with Crippen molar-refractivity contribution in [2.45, 2.75) is 58.4 Å². The van der Waals surface area contributed by atoms with Crippen LogP contribution in [0.25, 0.3) is 0 Å². The maximum absolute atomic E-state index is 12.2. The molecule has 2 atom stereocenters. The van der Waals surface area contributed by atoms with Gasteiger partial charge in [-0.3, -0.25) is 14.5 Å². The Labute approximate surface area is 138 Å². The van der Waals surface area contributed by atoms with Crippen LogP contribution in [0.3, 0.4) is 0 Å². The molecule has 0 spiro atoms. The standard InChI is InChI=1S/C19H26N2O2/c1-4-10-21(11-5-2)16-9-7-14-13(12(16)3)6-8-15-17(14)18(22)19(23)20-15/h6,8,12,16H,4-5,7,9-11H2,1-3H3,(H,20,22,23)/t12-,16+/m1/s1. The van der Waals surface area contributed by atoms with Gasteiger partial charge < -0.3 is 5.32 Å². The van der Waals surface area contributed by atoms with Crippen LogP contribution in [0.2, 0.25) is 0 Å². The van der Waals surface area contributed by atoms with Crippen molar-refractivity contribution in [3.05, 3.63) is 28.8 Å². The number of benzene rings is 1. The van der Waals surface area contributed by atoms with Crippen molar-refractivity contribution in [3.63, 3.8) is 0 Å². The van der Waals surface area contributed by atoms with E-state index in [1.54, 1.807) is 0 Å². The van der Waals surface area contributed by atoms with Crippen LogP contribution in [-0.2, 0) is 11.2 Å². The number of carbonyl (C=O) groups is 2. The number of anilines is 1. The Kier molecular flexibility index (Phi) is 4.53. The molecule has 124 valence electrons. The van der Waals surface area contributed by atoms with E-state index in [1.165, 1.54) is 5.56 Å². The number of carbonyl (C=O) groups excluding carboxylic acids is 2. The van der Waals surface area contributed by atoms with Gasteiger partial charge >= 0.3 is 0 Å². The number of nitrogens with zero attached hydrogens (tertiary/aromatic N) is 1. The van der Waals surface area contributed by atoms with E-state index in [0.717, 1.165) is 44.3 Å². The molecule has 0 saturated carbocycles. The van der Waals surface area contributed by atoms with Gasteiger partial charge in [-0.1, -0.05) is 26.8 Å². The van der Waals surface area contributed by atoms with Gasteiger partial charge in [-0.2, -0.15) is 0 Å². The van der Waals surface area contributed by atoms with E-state index in [-0.39, 0.29) is 5.78 Å². The third-order valence-electron chi connectivity index (χ3n) is 5.28. The lowest BCUT2D eigenvalue weighted by molar-refractivity contribution is -0.112. The Morgan fingerprint density at radius 3 is 2.52 bits per heavy atom. The van der Waals surface area contributed by atoms with Gasteiger partial charge in [0, 0.05) is 6.04 Å². The van der Waals surface area contributed by atoms with Crippen molar-refractivity contribution >= 4 is 17.4 Å². The van der Waals surface area contributed by atoms with Crippen LogP contribution >= 0.6 is 0 Å². The first kappa shape index (κ1) is 16.2. The van der Waals surface area contributed by atoms with Crippen LogP contribution in [0.4, 0.5) is 5.69 Å². The van der Waals surface area contributed by atoms with Crippen LogP contribution in [0, 0.1) is 0 Å². The summed E-state index contributed by atoms with van der Waals surface area (Å²) in [5.41, 5.74) is 3.68. The molecule has 2 aliphatic rings. The number of Topliss-reactive ketones (excluding diaryl/α,β-unsaturated/α-hetero) is 1. The van der Waals surface area contributed by atoms with Crippen molar-refractivity contribution in [1.29, 1.82) is 0 Å². The predicted octanol–water partition coefficient (Wildman–Crippen LogP) is 3.36. The second kappa shape index (κ2) is 6.44. The molecular formula is C19H26N2O2. The molecule has 0 radical (unpaired) electrons. The molecule has 23 heavy (non-hydrogen) atoms. The molecule has 0 aromatic heterocycles. The second-order valence-corrected chi connectivity index (χ2v) is 6.77. The highest BCUT2D eigenvalue weighted by atomic mass is 16.2. The summed E-state index contributed by atoms with van der Waals surface area (Å²) in [6.07, 6.45) is 4.28. The van der Waals surface area contributed by atoms with Gasteiger partial charge in [0.25, 0.3) is 11.7 Å². The Balaban J connectivity index is 1.94. The van der Waals surface area contributed by atoms with E-state index in [0.29, 0.717) is 23.2 Å². The largest absolute Gasteiger partial charge is 0.318 e. The molecule has 1 aromatic rings. The monoisotopic (exact) mass is 314 g/mol. The second-order valence-electron chi connectivity index (χ2n) is 6.77. The van der Waals surface area contributed by atoms with E-state index >= 15 is 0 Å². The Hall–Kier alpha value is -1.68. The average molecular weight is 314 g/mol. The zero-order valence-corrected chi connectivity index (χ0v) is 14.3. The Morgan fingerprint density at radius 2 is 1.87 bits per heavy atom. The molecule has 0 unspecified atom stereocenters. The molecular weight excluding hydrogens is 288 g/mol. The predicted molar refractivity (Wildman–Crippen MR) is 92.1 cm³/mol. The molecule has 0 saturated heterocycles. The lowest BCUT2D eigenvalue weighted by Crippen LogP contribution is -2.42. The van der Waals surface area contributed by atoms with E-state index < -0.39 is 5.91 Å². The minimum atomic E-state index is -0.484. The number of ketones is 1. The molecule has 1 amide bonds. The third-order valence-corrected chi connectivity index (χ3v) is 5.28. The summed E-state index contributed by atoms with van der Waals surface area (Å²) in [7, 11) is 0. The lowest BCUT2D eigenvalue weighted by Gasteiger charge is -2.40. The molecule has 4 nitrogen and oxygen atoms in total. The smallest absolute Gasteiger partial charge is 0.296 e. The van der Waals surface area contributed by atoms with Crippen molar-refractivity contribution in [2.24, 2.45) is 0 Å². The summed E-state index contributed by atoms with van der Waals surface area (Å²) >= 11 is 0. The summed E-state index contributed by atoms with van der Waals surface area (Å²) in [6, 6.07) is 4.54. The first-order chi connectivity index (χ1) is 11.1. The number of nitrogens with one attached hydrogen (secondary N) is 1. The third kappa shape index (κ3) is 2.69. The number of amides is 1. The zero-order valence-electron chi connectivity index (χ0n) is 14.3. The molecule has 1 aliphatic heterocycles. The fourth-order valence-electron chi connectivity index (χ4n) is 4.28. The SMILES string of the molecule is CCCN(CCC)[C@H]1CCc2c(ccc3c2C(=O)C(=O)N3)[C@H]1C. The van der Waals surface area contributed by atoms with Gasteiger partial charge in [0.05, 0.1) is 11.3 Å².